The van der Waals surface area contributed by atoms with Crippen LogP contribution in [0.1, 0.15) is 34.7 Å². The zero-order chi connectivity index (χ0) is 27.4. The van der Waals surface area contributed by atoms with Crippen molar-refractivity contribution in [1.29, 1.82) is 0 Å². The van der Waals surface area contributed by atoms with E-state index in [1.54, 1.807) is 55.3 Å². The Balaban J connectivity index is 1.23. The number of carbonyl (C=O) groups excluding carboxylic acids is 1. The van der Waals surface area contributed by atoms with Crippen LogP contribution in [0.4, 0.5) is 4.39 Å². The van der Waals surface area contributed by atoms with Crippen molar-refractivity contribution in [2.24, 2.45) is 0 Å². The lowest BCUT2D eigenvalue weighted by molar-refractivity contribution is 0.0822. The topological polar surface area (TPSA) is 102 Å². The van der Waals surface area contributed by atoms with Crippen molar-refractivity contribution in [2.45, 2.75) is 18.3 Å². The highest BCUT2D eigenvalue weighted by atomic mass is 19.1. The first-order valence-electron chi connectivity index (χ1n) is 12.9. The predicted octanol–water partition coefficient (Wildman–Crippen LogP) is 4.72. The standard InChI is InChI=1S/C30H23FN8O/c1-38(2)27(40)25-9-6-20(16-33-25)22-8-5-19(15-23(22)31)26-17-34-29-36-35-28(39(29)37-26)30(11-12-30)21-7-10-24-18(14-21)4-3-13-32-24/h3-10,13-17H,11-12H2,1-2H3. The summed E-state index contributed by atoms with van der Waals surface area (Å²) in [5.41, 5.74) is 4.09. The van der Waals surface area contributed by atoms with Gasteiger partial charge >= 0.3 is 0 Å². The second kappa shape index (κ2) is 8.98. The van der Waals surface area contributed by atoms with E-state index in [4.69, 9.17) is 5.10 Å². The lowest BCUT2D eigenvalue weighted by atomic mass is 9.94. The van der Waals surface area contributed by atoms with Crippen LogP contribution in [0.2, 0.25) is 0 Å². The first-order chi connectivity index (χ1) is 19.4. The van der Waals surface area contributed by atoms with E-state index in [0.29, 0.717) is 33.9 Å². The molecule has 2 aromatic carbocycles. The number of aromatic nitrogens is 7. The van der Waals surface area contributed by atoms with Gasteiger partial charge in [0.1, 0.15) is 17.2 Å². The summed E-state index contributed by atoms with van der Waals surface area (Å²) in [5, 5.41) is 14.6. The van der Waals surface area contributed by atoms with Crippen LogP contribution in [0.3, 0.4) is 0 Å². The van der Waals surface area contributed by atoms with Crippen LogP contribution in [0.5, 0.6) is 0 Å². The molecular formula is C30H23FN8O. The monoisotopic (exact) mass is 530 g/mol. The van der Waals surface area contributed by atoms with Gasteiger partial charge < -0.3 is 4.90 Å². The van der Waals surface area contributed by atoms with Gasteiger partial charge in [-0.25, -0.2) is 9.37 Å². The normalized spacial score (nSPS) is 14.0. The molecule has 9 nitrogen and oxygen atoms in total. The minimum Gasteiger partial charge on any atom is -0.343 e. The molecular weight excluding hydrogens is 507 g/mol. The quantitative estimate of drug-likeness (QED) is 0.318. The average molecular weight is 531 g/mol. The molecule has 40 heavy (non-hydrogen) atoms. The summed E-state index contributed by atoms with van der Waals surface area (Å²) in [6.45, 7) is 0. The molecule has 6 aromatic rings. The zero-order valence-electron chi connectivity index (χ0n) is 21.8. The Morgan fingerprint density at radius 1 is 0.925 bits per heavy atom. The van der Waals surface area contributed by atoms with Gasteiger partial charge in [-0.2, -0.15) is 9.61 Å². The highest BCUT2D eigenvalue weighted by Gasteiger charge is 2.50. The largest absolute Gasteiger partial charge is 0.343 e. The predicted molar refractivity (Wildman–Crippen MR) is 147 cm³/mol. The second-order valence-corrected chi connectivity index (χ2v) is 10.2. The molecule has 0 spiro atoms. The van der Waals surface area contributed by atoms with E-state index in [1.807, 2.05) is 18.2 Å². The van der Waals surface area contributed by atoms with Gasteiger partial charge in [0.05, 0.1) is 17.1 Å². The molecule has 0 atom stereocenters. The molecule has 4 aromatic heterocycles. The first kappa shape index (κ1) is 24.0. The Morgan fingerprint density at radius 2 is 1.77 bits per heavy atom. The van der Waals surface area contributed by atoms with Crippen molar-refractivity contribution in [2.75, 3.05) is 14.1 Å². The molecule has 1 amide bonds. The van der Waals surface area contributed by atoms with Gasteiger partial charge in [0, 0.05) is 48.6 Å². The van der Waals surface area contributed by atoms with Crippen molar-refractivity contribution in [1.82, 2.24) is 39.7 Å². The molecule has 1 saturated carbocycles. The van der Waals surface area contributed by atoms with Gasteiger partial charge in [-0.15, -0.1) is 10.2 Å². The van der Waals surface area contributed by atoms with E-state index < -0.39 is 5.82 Å². The summed E-state index contributed by atoms with van der Waals surface area (Å²) in [5.74, 6) is 0.467. The molecule has 0 radical (unpaired) electrons. The molecule has 7 rings (SSSR count). The lowest BCUT2D eigenvalue weighted by Gasteiger charge is -2.14. The first-order valence-corrected chi connectivity index (χ1v) is 12.9. The SMILES string of the molecule is CN(C)C(=O)c1ccc(-c2ccc(-c3cnc4nnc(C5(c6ccc7ncccc7c6)CC5)n4n3)cc2F)cn1. The van der Waals surface area contributed by atoms with E-state index in [-0.39, 0.29) is 11.3 Å². The number of fused-ring (bicyclic) bond motifs is 2. The van der Waals surface area contributed by atoms with Crippen LogP contribution >= 0.6 is 0 Å². The van der Waals surface area contributed by atoms with Gasteiger partial charge in [0.2, 0.25) is 0 Å². The number of pyridine rings is 2. The summed E-state index contributed by atoms with van der Waals surface area (Å²) in [7, 11) is 3.32. The minimum absolute atomic E-state index is 0.213. The van der Waals surface area contributed by atoms with E-state index in [2.05, 4.69) is 37.3 Å². The van der Waals surface area contributed by atoms with Crippen molar-refractivity contribution in [3.63, 3.8) is 0 Å². The molecule has 10 heteroatoms. The number of rotatable bonds is 5. The van der Waals surface area contributed by atoms with Crippen LogP contribution in [-0.4, -0.2) is 59.7 Å². The van der Waals surface area contributed by atoms with Crippen molar-refractivity contribution in [3.05, 3.63) is 102 Å². The third-order valence-electron chi connectivity index (χ3n) is 7.43. The molecule has 4 heterocycles. The van der Waals surface area contributed by atoms with Crippen LogP contribution in [0, 0.1) is 5.82 Å². The molecule has 196 valence electrons. The van der Waals surface area contributed by atoms with Crippen molar-refractivity contribution >= 4 is 22.6 Å². The van der Waals surface area contributed by atoms with Gasteiger partial charge in [-0.1, -0.05) is 30.3 Å². The Morgan fingerprint density at radius 3 is 2.52 bits per heavy atom. The molecule has 0 N–H and O–H groups in total. The summed E-state index contributed by atoms with van der Waals surface area (Å²) < 4.78 is 17.0. The Bertz CT molecular complexity index is 1930. The Labute approximate surface area is 228 Å². The fraction of sp³-hybridized carbons (Fsp3) is 0.167. The van der Waals surface area contributed by atoms with Gasteiger partial charge in [0.25, 0.3) is 11.7 Å². The van der Waals surface area contributed by atoms with Gasteiger partial charge in [-0.05, 0) is 48.7 Å². The summed E-state index contributed by atoms with van der Waals surface area (Å²) >= 11 is 0. The summed E-state index contributed by atoms with van der Waals surface area (Å²) in [6.07, 6.45) is 6.70. The van der Waals surface area contributed by atoms with E-state index in [9.17, 15) is 4.79 Å². The molecule has 1 fully saturated rings. The van der Waals surface area contributed by atoms with Gasteiger partial charge in [-0.3, -0.25) is 14.8 Å². The van der Waals surface area contributed by atoms with Crippen LogP contribution in [-0.2, 0) is 5.41 Å². The van der Waals surface area contributed by atoms with E-state index in [0.717, 1.165) is 35.1 Å². The number of hydrogen-bond donors (Lipinski definition) is 0. The highest BCUT2D eigenvalue weighted by molar-refractivity contribution is 5.92. The third-order valence-corrected chi connectivity index (χ3v) is 7.43. The summed E-state index contributed by atoms with van der Waals surface area (Å²) in [6, 6.07) is 18.4. The highest BCUT2D eigenvalue weighted by Crippen LogP contribution is 2.53. The number of amides is 1. The third kappa shape index (κ3) is 3.87. The maximum absolute atomic E-state index is 15.3. The van der Waals surface area contributed by atoms with E-state index in [1.165, 1.54) is 17.2 Å². The Kier molecular flexibility index (Phi) is 5.38. The molecule has 0 bridgehead atoms. The van der Waals surface area contributed by atoms with Crippen LogP contribution in [0.15, 0.2) is 79.3 Å². The second-order valence-electron chi connectivity index (χ2n) is 10.2. The molecule has 0 saturated heterocycles. The smallest absolute Gasteiger partial charge is 0.271 e. The average Bonchev–Trinajstić information content (AvgIpc) is 3.68. The number of carbonyl (C=O) groups is 1. The summed E-state index contributed by atoms with van der Waals surface area (Å²) in [4.78, 5) is 26.7. The maximum Gasteiger partial charge on any atom is 0.271 e. The van der Waals surface area contributed by atoms with E-state index >= 15 is 4.39 Å². The number of nitrogens with zero attached hydrogens (tertiary/aromatic N) is 8. The number of benzene rings is 2. The zero-order valence-corrected chi connectivity index (χ0v) is 21.8. The van der Waals surface area contributed by atoms with Crippen LogP contribution in [0.25, 0.3) is 39.1 Å². The number of hydrogen-bond acceptors (Lipinski definition) is 7. The van der Waals surface area contributed by atoms with Crippen LogP contribution < -0.4 is 0 Å². The molecule has 1 aliphatic rings. The number of halogens is 1. The fourth-order valence-corrected chi connectivity index (χ4v) is 5.08. The molecule has 0 unspecified atom stereocenters. The molecule has 0 aliphatic heterocycles. The molecule has 1 aliphatic carbocycles. The lowest BCUT2D eigenvalue weighted by Crippen LogP contribution is -2.22. The van der Waals surface area contributed by atoms with Gasteiger partial charge in [0.15, 0.2) is 5.82 Å². The Hall–Kier alpha value is -5.12. The fourth-order valence-electron chi connectivity index (χ4n) is 5.08. The minimum atomic E-state index is -0.430. The maximum atomic E-state index is 15.3. The van der Waals surface area contributed by atoms with Crippen molar-refractivity contribution < 1.29 is 9.18 Å². The van der Waals surface area contributed by atoms with Crippen molar-refractivity contribution in [3.8, 4) is 22.4 Å².